The molecule has 0 unspecified atom stereocenters. The van der Waals surface area contributed by atoms with Gasteiger partial charge in [-0.25, -0.2) is 4.39 Å². The van der Waals surface area contributed by atoms with Crippen molar-refractivity contribution in [2.24, 2.45) is 5.92 Å². The van der Waals surface area contributed by atoms with Gasteiger partial charge in [-0.2, -0.15) is 4.98 Å². The first-order chi connectivity index (χ1) is 12.1. The molecule has 0 atom stereocenters. The van der Waals surface area contributed by atoms with Crippen LogP contribution in [0, 0.1) is 11.7 Å². The van der Waals surface area contributed by atoms with Gasteiger partial charge in [-0.05, 0) is 23.6 Å². The van der Waals surface area contributed by atoms with E-state index in [0.717, 1.165) is 21.5 Å². The Morgan fingerprint density at radius 3 is 2.80 bits per heavy atom. The fourth-order valence-corrected chi connectivity index (χ4v) is 3.62. The zero-order valence-corrected chi connectivity index (χ0v) is 15.5. The second-order valence-electron chi connectivity index (χ2n) is 5.84. The number of benzene rings is 1. The lowest BCUT2D eigenvalue weighted by atomic mass is 10.1. The van der Waals surface area contributed by atoms with Gasteiger partial charge in [-0.3, -0.25) is 0 Å². The van der Waals surface area contributed by atoms with Gasteiger partial charge in [-0.1, -0.05) is 54.2 Å². The average molecular weight is 379 g/mol. The summed E-state index contributed by atoms with van der Waals surface area (Å²) in [6.07, 6.45) is 0.786. The Morgan fingerprint density at radius 2 is 2.04 bits per heavy atom. The van der Waals surface area contributed by atoms with Crippen LogP contribution in [-0.4, -0.2) is 20.3 Å². The van der Waals surface area contributed by atoms with Gasteiger partial charge < -0.3 is 9.84 Å². The van der Waals surface area contributed by atoms with Crippen molar-refractivity contribution in [2.45, 2.75) is 36.9 Å². The summed E-state index contributed by atoms with van der Waals surface area (Å²) in [7, 11) is 0. The van der Waals surface area contributed by atoms with Crippen LogP contribution in [-0.2, 0) is 18.7 Å². The van der Waals surface area contributed by atoms with Crippen molar-refractivity contribution in [1.82, 2.24) is 20.3 Å². The fraction of sp³-hybridized carbons (Fsp3) is 0.375. The number of hydrogen-bond donors (Lipinski definition) is 1. The minimum absolute atomic E-state index is 0.239. The van der Waals surface area contributed by atoms with Gasteiger partial charge >= 0.3 is 0 Å². The number of anilines is 1. The normalized spacial score (nSPS) is 11.2. The third kappa shape index (κ3) is 5.50. The summed E-state index contributed by atoms with van der Waals surface area (Å²) in [6.45, 7) is 4.80. The highest BCUT2D eigenvalue weighted by molar-refractivity contribution is 8.00. The highest BCUT2D eigenvalue weighted by Gasteiger charge is 2.11. The van der Waals surface area contributed by atoms with Crippen molar-refractivity contribution in [2.75, 3.05) is 5.32 Å². The minimum atomic E-state index is -0.239. The van der Waals surface area contributed by atoms with Crippen LogP contribution < -0.4 is 5.32 Å². The fourth-order valence-electron chi connectivity index (χ4n) is 2.03. The predicted molar refractivity (Wildman–Crippen MR) is 96.0 cm³/mol. The van der Waals surface area contributed by atoms with E-state index in [0.29, 0.717) is 29.9 Å². The largest absolute Gasteiger partial charge is 0.356 e. The first-order valence-electron chi connectivity index (χ1n) is 7.84. The lowest BCUT2D eigenvalue weighted by Crippen LogP contribution is -1.98. The first kappa shape index (κ1) is 17.8. The van der Waals surface area contributed by atoms with Gasteiger partial charge in [0.15, 0.2) is 10.2 Å². The standard InChI is InChI=1S/C16H18FN5OS2/c1-10(2)7-14-19-13(22-23-14)9-24-16-21-20-15(25-16)18-8-11-3-5-12(17)6-4-11/h3-6,10H,7-9H2,1-2H3,(H,18,20). The highest BCUT2D eigenvalue weighted by Crippen LogP contribution is 2.28. The van der Waals surface area contributed by atoms with Crippen molar-refractivity contribution in [3.05, 3.63) is 47.4 Å². The first-order valence-corrected chi connectivity index (χ1v) is 9.65. The summed E-state index contributed by atoms with van der Waals surface area (Å²) >= 11 is 2.98. The molecule has 0 saturated carbocycles. The molecule has 3 rings (SSSR count). The molecule has 2 aromatic heterocycles. The summed E-state index contributed by atoms with van der Waals surface area (Å²) in [4.78, 5) is 4.37. The molecule has 3 aromatic rings. The summed E-state index contributed by atoms with van der Waals surface area (Å²) in [6, 6.07) is 6.36. The van der Waals surface area contributed by atoms with Crippen LogP contribution in [0.2, 0.25) is 0 Å². The highest BCUT2D eigenvalue weighted by atomic mass is 32.2. The molecular formula is C16H18FN5OS2. The molecule has 9 heteroatoms. The number of aromatic nitrogens is 4. The van der Waals surface area contributed by atoms with E-state index in [1.807, 2.05) is 0 Å². The third-order valence-corrected chi connectivity index (χ3v) is 5.19. The van der Waals surface area contributed by atoms with E-state index in [-0.39, 0.29) is 5.82 Å². The maximum atomic E-state index is 12.9. The van der Waals surface area contributed by atoms with Crippen LogP contribution in [0.1, 0.15) is 31.1 Å². The summed E-state index contributed by atoms with van der Waals surface area (Å²) in [5, 5.41) is 16.1. The van der Waals surface area contributed by atoms with Crippen LogP contribution in [0.5, 0.6) is 0 Å². The topological polar surface area (TPSA) is 76.7 Å². The van der Waals surface area contributed by atoms with Gasteiger partial charge in [0.05, 0.1) is 5.75 Å². The Balaban J connectivity index is 1.48. The summed E-state index contributed by atoms with van der Waals surface area (Å²) in [5.74, 6) is 2.17. The molecule has 0 aliphatic carbocycles. The Hall–Kier alpha value is -2.00. The van der Waals surface area contributed by atoms with Crippen molar-refractivity contribution >= 4 is 28.2 Å². The number of nitrogens with one attached hydrogen (secondary N) is 1. The van der Waals surface area contributed by atoms with E-state index >= 15 is 0 Å². The van der Waals surface area contributed by atoms with Gasteiger partial charge in [0.2, 0.25) is 11.0 Å². The molecule has 25 heavy (non-hydrogen) atoms. The van der Waals surface area contributed by atoms with Crippen LogP contribution in [0.4, 0.5) is 9.52 Å². The Morgan fingerprint density at radius 1 is 1.24 bits per heavy atom. The van der Waals surface area contributed by atoms with E-state index in [4.69, 9.17) is 4.52 Å². The molecule has 0 saturated heterocycles. The lowest BCUT2D eigenvalue weighted by molar-refractivity contribution is 0.360. The quantitative estimate of drug-likeness (QED) is 0.589. The molecule has 132 valence electrons. The summed E-state index contributed by atoms with van der Waals surface area (Å²) < 4.78 is 18.9. The van der Waals surface area contributed by atoms with Gasteiger partial charge in [0.25, 0.3) is 0 Å². The molecular weight excluding hydrogens is 361 g/mol. The maximum absolute atomic E-state index is 12.9. The molecule has 0 radical (unpaired) electrons. The molecule has 1 N–H and O–H groups in total. The number of halogens is 1. The second kappa shape index (κ2) is 8.39. The molecule has 0 bridgehead atoms. The monoisotopic (exact) mass is 379 g/mol. The van der Waals surface area contributed by atoms with E-state index < -0.39 is 0 Å². The van der Waals surface area contributed by atoms with E-state index in [9.17, 15) is 4.39 Å². The van der Waals surface area contributed by atoms with E-state index in [1.165, 1.54) is 35.2 Å². The number of nitrogens with zero attached hydrogens (tertiary/aromatic N) is 4. The van der Waals surface area contributed by atoms with Crippen LogP contribution in [0.3, 0.4) is 0 Å². The molecule has 6 nitrogen and oxygen atoms in total. The molecule has 2 heterocycles. The molecule has 0 aliphatic heterocycles. The predicted octanol–water partition coefficient (Wildman–Crippen LogP) is 4.16. The zero-order valence-electron chi connectivity index (χ0n) is 13.9. The molecule has 0 spiro atoms. The smallest absolute Gasteiger partial charge is 0.226 e. The third-order valence-electron chi connectivity index (χ3n) is 3.18. The van der Waals surface area contributed by atoms with Crippen LogP contribution >= 0.6 is 23.1 Å². The minimum Gasteiger partial charge on any atom is -0.356 e. The van der Waals surface area contributed by atoms with E-state index in [1.54, 1.807) is 12.1 Å². The molecule has 0 fully saturated rings. The number of thioether (sulfide) groups is 1. The Labute approximate surface area is 153 Å². The van der Waals surface area contributed by atoms with Crippen molar-refractivity contribution in [3.63, 3.8) is 0 Å². The second-order valence-corrected chi connectivity index (χ2v) is 8.04. The maximum Gasteiger partial charge on any atom is 0.226 e. The molecule has 0 aliphatic rings. The zero-order chi connectivity index (χ0) is 17.6. The molecule has 1 aromatic carbocycles. The van der Waals surface area contributed by atoms with Gasteiger partial charge in [0, 0.05) is 13.0 Å². The van der Waals surface area contributed by atoms with Gasteiger partial charge in [0.1, 0.15) is 5.82 Å². The van der Waals surface area contributed by atoms with Crippen LogP contribution in [0.15, 0.2) is 33.1 Å². The Bertz CT molecular complexity index is 803. The lowest BCUT2D eigenvalue weighted by Gasteiger charge is -2.01. The number of rotatable bonds is 8. The number of hydrogen-bond acceptors (Lipinski definition) is 8. The van der Waals surface area contributed by atoms with Crippen molar-refractivity contribution in [3.8, 4) is 0 Å². The molecule has 0 amide bonds. The van der Waals surface area contributed by atoms with Crippen molar-refractivity contribution in [1.29, 1.82) is 0 Å². The van der Waals surface area contributed by atoms with E-state index in [2.05, 4.69) is 39.5 Å². The van der Waals surface area contributed by atoms with Crippen LogP contribution in [0.25, 0.3) is 0 Å². The summed E-state index contributed by atoms with van der Waals surface area (Å²) in [5.41, 5.74) is 0.982. The average Bonchev–Trinajstić information content (AvgIpc) is 3.21. The van der Waals surface area contributed by atoms with Gasteiger partial charge in [-0.15, -0.1) is 10.2 Å². The Kier molecular flexibility index (Phi) is 5.98. The SMILES string of the molecule is CC(C)Cc1nc(CSc2nnc(NCc3ccc(F)cc3)s2)no1. The van der Waals surface area contributed by atoms with Crippen molar-refractivity contribution < 1.29 is 8.91 Å².